The van der Waals surface area contributed by atoms with Crippen LogP contribution in [0.1, 0.15) is 0 Å². The molecule has 46 heavy (non-hydrogen) atoms. The molecule has 0 atom stereocenters. The van der Waals surface area contributed by atoms with E-state index in [1.54, 1.807) is 0 Å². The van der Waals surface area contributed by atoms with Gasteiger partial charge in [0.15, 0.2) is 0 Å². The van der Waals surface area contributed by atoms with E-state index in [-0.39, 0.29) is 0 Å². The van der Waals surface area contributed by atoms with Gasteiger partial charge in [0.2, 0.25) is 0 Å². The van der Waals surface area contributed by atoms with E-state index in [0.717, 1.165) is 0 Å². The van der Waals surface area contributed by atoms with Gasteiger partial charge in [0.05, 0.1) is 0 Å². The highest BCUT2D eigenvalue weighted by molar-refractivity contribution is 6.10. The van der Waals surface area contributed by atoms with Crippen LogP contribution in [0, 0.1) is 0 Å². The first-order valence-corrected chi connectivity index (χ1v) is 15.9. The second-order valence-electron chi connectivity index (χ2n) is 12.1. The van der Waals surface area contributed by atoms with Crippen molar-refractivity contribution in [3.05, 3.63) is 182 Å². The summed E-state index contributed by atoms with van der Waals surface area (Å²) >= 11 is 0. The van der Waals surface area contributed by atoms with E-state index in [9.17, 15) is 0 Å². The summed E-state index contributed by atoms with van der Waals surface area (Å²) in [6.07, 6.45) is 0. The molecule has 0 amide bonds. The molecule has 0 N–H and O–H groups in total. The molecule has 0 aliphatic rings. The van der Waals surface area contributed by atoms with Crippen molar-refractivity contribution in [2.45, 2.75) is 0 Å². The summed E-state index contributed by atoms with van der Waals surface area (Å²) in [4.78, 5) is 0. The van der Waals surface area contributed by atoms with Crippen LogP contribution in [0.15, 0.2) is 182 Å². The zero-order valence-electron chi connectivity index (χ0n) is 25.3. The van der Waals surface area contributed by atoms with Crippen molar-refractivity contribution in [2.75, 3.05) is 0 Å². The standard InChI is InChI=1S/C46H30/c1-2-11-32(12-3-1)45-29-33-14-4-5-15-34(33)30-46(45)38-24-26-42-36(28-38)22-21-35-27-37(23-25-41(35)42)40-18-8-9-19-43(40)44-20-10-16-31-13-6-7-17-39(31)44/h1-30H. The monoisotopic (exact) mass is 582 g/mol. The zero-order valence-corrected chi connectivity index (χ0v) is 25.3. The van der Waals surface area contributed by atoms with E-state index in [2.05, 4.69) is 182 Å². The molecule has 9 rings (SSSR count). The number of benzene rings is 9. The molecule has 0 fully saturated rings. The maximum absolute atomic E-state index is 2.36. The maximum Gasteiger partial charge on any atom is -0.00988 e. The Morgan fingerprint density at radius 2 is 0.696 bits per heavy atom. The van der Waals surface area contributed by atoms with Gasteiger partial charge < -0.3 is 0 Å². The van der Waals surface area contributed by atoms with Gasteiger partial charge in [-0.2, -0.15) is 0 Å². The Bertz CT molecular complexity index is 2570. The van der Waals surface area contributed by atoms with Crippen LogP contribution in [-0.4, -0.2) is 0 Å². The molecule has 0 saturated carbocycles. The highest BCUT2D eigenvalue weighted by Gasteiger charge is 2.13. The van der Waals surface area contributed by atoms with Crippen LogP contribution in [0.2, 0.25) is 0 Å². The van der Waals surface area contributed by atoms with Crippen LogP contribution in [0.5, 0.6) is 0 Å². The first-order valence-electron chi connectivity index (χ1n) is 15.9. The Labute approximate surface area is 268 Å². The molecule has 0 aliphatic heterocycles. The van der Waals surface area contributed by atoms with Crippen molar-refractivity contribution in [3.63, 3.8) is 0 Å². The van der Waals surface area contributed by atoms with Gasteiger partial charge in [-0.05, 0) is 112 Å². The quantitative estimate of drug-likeness (QED) is 0.181. The minimum Gasteiger partial charge on any atom is -0.0622 e. The second-order valence-corrected chi connectivity index (χ2v) is 12.1. The van der Waals surface area contributed by atoms with Gasteiger partial charge >= 0.3 is 0 Å². The average Bonchev–Trinajstić information content (AvgIpc) is 3.14. The lowest BCUT2D eigenvalue weighted by atomic mass is 9.89. The van der Waals surface area contributed by atoms with E-state index in [0.29, 0.717) is 0 Å². The number of hydrogen-bond acceptors (Lipinski definition) is 0. The molecule has 0 heterocycles. The molecule has 9 aromatic rings. The summed E-state index contributed by atoms with van der Waals surface area (Å²) in [5.41, 5.74) is 9.99. The van der Waals surface area contributed by atoms with Gasteiger partial charge in [-0.3, -0.25) is 0 Å². The Hall–Kier alpha value is -5.98. The van der Waals surface area contributed by atoms with Gasteiger partial charge in [-0.1, -0.05) is 158 Å². The molecule has 0 unspecified atom stereocenters. The summed E-state index contributed by atoms with van der Waals surface area (Å²) in [7, 11) is 0. The summed E-state index contributed by atoms with van der Waals surface area (Å²) in [6.45, 7) is 0. The lowest BCUT2D eigenvalue weighted by Crippen LogP contribution is -1.89. The normalized spacial score (nSPS) is 11.5. The molecule has 0 heteroatoms. The largest absolute Gasteiger partial charge is 0.0622 e. The summed E-state index contributed by atoms with van der Waals surface area (Å²) in [6, 6.07) is 66.6. The van der Waals surface area contributed by atoms with Gasteiger partial charge in [-0.15, -0.1) is 0 Å². The van der Waals surface area contributed by atoms with E-state index < -0.39 is 0 Å². The summed E-state index contributed by atoms with van der Waals surface area (Å²) < 4.78 is 0. The molecule has 0 bridgehead atoms. The van der Waals surface area contributed by atoms with E-state index in [1.165, 1.54) is 87.6 Å². The van der Waals surface area contributed by atoms with Gasteiger partial charge in [0.1, 0.15) is 0 Å². The molecule has 0 aliphatic carbocycles. The molecule has 214 valence electrons. The number of hydrogen-bond donors (Lipinski definition) is 0. The molecule has 0 spiro atoms. The van der Waals surface area contributed by atoms with Crippen LogP contribution >= 0.6 is 0 Å². The highest BCUT2D eigenvalue weighted by Crippen LogP contribution is 2.40. The van der Waals surface area contributed by atoms with Gasteiger partial charge in [0.25, 0.3) is 0 Å². The van der Waals surface area contributed by atoms with Crippen molar-refractivity contribution >= 4 is 43.1 Å². The van der Waals surface area contributed by atoms with Gasteiger partial charge in [-0.25, -0.2) is 0 Å². The zero-order chi connectivity index (χ0) is 30.5. The topological polar surface area (TPSA) is 0 Å². The van der Waals surface area contributed by atoms with Gasteiger partial charge in [0, 0.05) is 0 Å². The Balaban J connectivity index is 1.16. The maximum atomic E-state index is 2.36. The lowest BCUT2D eigenvalue weighted by Gasteiger charge is -2.15. The van der Waals surface area contributed by atoms with Crippen LogP contribution < -0.4 is 0 Å². The van der Waals surface area contributed by atoms with Crippen LogP contribution in [0.4, 0.5) is 0 Å². The van der Waals surface area contributed by atoms with Crippen molar-refractivity contribution in [3.8, 4) is 44.5 Å². The summed E-state index contributed by atoms with van der Waals surface area (Å²) in [5, 5.41) is 10.1. The van der Waals surface area contributed by atoms with Crippen molar-refractivity contribution in [2.24, 2.45) is 0 Å². The fourth-order valence-electron chi connectivity index (χ4n) is 7.17. The van der Waals surface area contributed by atoms with Crippen molar-refractivity contribution in [1.82, 2.24) is 0 Å². The highest BCUT2D eigenvalue weighted by atomic mass is 14.2. The number of rotatable bonds is 4. The first-order chi connectivity index (χ1) is 22.8. The molecule has 0 nitrogen and oxygen atoms in total. The second kappa shape index (κ2) is 10.9. The third-order valence-electron chi connectivity index (χ3n) is 9.44. The lowest BCUT2D eigenvalue weighted by molar-refractivity contribution is 1.61. The van der Waals surface area contributed by atoms with Crippen molar-refractivity contribution < 1.29 is 0 Å². The Kier molecular flexibility index (Phi) is 6.25. The third-order valence-corrected chi connectivity index (χ3v) is 9.44. The Morgan fingerprint density at radius 3 is 1.39 bits per heavy atom. The fourth-order valence-corrected chi connectivity index (χ4v) is 7.17. The molecular weight excluding hydrogens is 553 g/mol. The SMILES string of the molecule is c1ccc(-c2cc3ccccc3cc2-c2ccc3c(ccc4cc(-c5ccccc5-c5cccc6ccccc56)ccc43)c2)cc1. The fraction of sp³-hybridized carbons (Fsp3) is 0. The molecule has 0 aromatic heterocycles. The number of fused-ring (bicyclic) bond motifs is 5. The van der Waals surface area contributed by atoms with Crippen LogP contribution in [-0.2, 0) is 0 Å². The molecule has 0 radical (unpaired) electrons. The summed E-state index contributed by atoms with van der Waals surface area (Å²) in [5.74, 6) is 0. The predicted molar refractivity (Wildman–Crippen MR) is 198 cm³/mol. The van der Waals surface area contributed by atoms with E-state index in [1.807, 2.05) is 0 Å². The van der Waals surface area contributed by atoms with Crippen LogP contribution in [0.25, 0.3) is 87.6 Å². The average molecular weight is 583 g/mol. The van der Waals surface area contributed by atoms with E-state index >= 15 is 0 Å². The first kappa shape index (κ1) is 26.4. The minimum absolute atomic E-state index is 1.23. The molecular formula is C46H30. The minimum atomic E-state index is 1.23. The Morgan fingerprint density at radius 1 is 0.196 bits per heavy atom. The predicted octanol–water partition coefficient (Wildman–Crippen LogP) is 13.0. The molecule has 0 saturated heterocycles. The third kappa shape index (κ3) is 4.47. The molecule has 9 aromatic carbocycles. The smallest absolute Gasteiger partial charge is 0.00988 e. The van der Waals surface area contributed by atoms with Crippen LogP contribution in [0.3, 0.4) is 0 Å². The van der Waals surface area contributed by atoms with Crippen molar-refractivity contribution in [1.29, 1.82) is 0 Å². The van der Waals surface area contributed by atoms with E-state index in [4.69, 9.17) is 0 Å².